The van der Waals surface area contributed by atoms with E-state index in [4.69, 9.17) is 4.74 Å². The standard InChI is InChI=1S/C18H22N2O3/c1-13-8-9-15(17(10-13)23-2)11-19-18(22)20-16(12-21)14-6-4-3-5-7-14/h3-10,16,21H,11-12H2,1-2H3,(H2,19,20,22)/t16-/m1/s1. The van der Waals surface area contributed by atoms with Crippen LogP contribution in [-0.2, 0) is 6.54 Å². The third-order valence-electron chi connectivity index (χ3n) is 3.57. The SMILES string of the molecule is COc1cc(C)ccc1CNC(=O)N[C@H](CO)c1ccccc1. The Morgan fingerprint density at radius 3 is 2.61 bits per heavy atom. The van der Waals surface area contributed by atoms with E-state index >= 15 is 0 Å². The summed E-state index contributed by atoms with van der Waals surface area (Å²) < 4.78 is 5.32. The van der Waals surface area contributed by atoms with Crippen molar-refractivity contribution in [2.75, 3.05) is 13.7 Å². The van der Waals surface area contributed by atoms with Crippen molar-refractivity contribution < 1.29 is 14.6 Å². The summed E-state index contributed by atoms with van der Waals surface area (Å²) in [6.45, 7) is 2.17. The Labute approximate surface area is 136 Å². The van der Waals surface area contributed by atoms with Gasteiger partial charge in [-0.25, -0.2) is 4.79 Å². The van der Waals surface area contributed by atoms with Gasteiger partial charge in [-0.05, 0) is 24.1 Å². The van der Waals surface area contributed by atoms with E-state index < -0.39 is 6.04 Å². The van der Waals surface area contributed by atoms with Gasteiger partial charge >= 0.3 is 6.03 Å². The second kappa shape index (κ2) is 8.19. The molecule has 0 aromatic heterocycles. The second-order valence-electron chi connectivity index (χ2n) is 5.29. The third-order valence-corrected chi connectivity index (χ3v) is 3.57. The third kappa shape index (κ3) is 4.72. The number of hydrogen-bond acceptors (Lipinski definition) is 3. The largest absolute Gasteiger partial charge is 0.496 e. The van der Waals surface area contributed by atoms with E-state index in [0.29, 0.717) is 6.54 Å². The summed E-state index contributed by atoms with van der Waals surface area (Å²) in [4.78, 5) is 12.1. The average molecular weight is 314 g/mol. The maximum Gasteiger partial charge on any atom is 0.315 e. The highest BCUT2D eigenvalue weighted by molar-refractivity contribution is 5.74. The summed E-state index contributed by atoms with van der Waals surface area (Å²) in [6.07, 6.45) is 0. The molecule has 2 aromatic rings. The maximum absolute atomic E-state index is 12.1. The van der Waals surface area contributed by atoms with Crippen LogP contribution in [0.2, 0.25) is 0 Å². The number of nitrogens with one attached hydrogen (secondary N) is 2. The van der Waals surface area contributed by atoms with Gasteiger partial charge in [0, 0.05) is 12.1 Å². The van der Waals surface area contributed by atoms with Crippen molar-refractivity contribution in [3.05, 3.63) is 65.2 Å². The quantitative estimate of drug-likeness (QED) is 0.767. The van der Waals surface area contributed by atoms with E-state index in [1.54, 1.807) is 7.11 Å². The zero-order valence-corrected chi connectivity index (χ0v) is 13.4. The summed E-state index contributed by atoms with van der Waals surface area (Å²) in [5.41, 5.74) is 2.85. The number of urea groups is 1. The number of hydrogen-bond donors (Lipinski definition) is 3. The number of aliphatic hydroxyl groups excluding tert-OH is 1. The molecule has 0 radical (unpaired) electrons. The van der Waals surface area contributed by atoms with E-state index in [2.05, 4.69) is 10.6 Å². The van der Waals surface area contributed by atoms with Crippen molar-refractivity contribution in [2.45, 2.75) is 19.5 Å². The molecule has 0 aliphatic heterocycles. The van der Waals surface area contributed by atoms with Crippen LogP contribution in [0.5, 0.6) is 5.75 Å². The van der Waals surface area contributed by atoms with Crippen LogP contribution in [0, 0.1) is 6.92 Å². The number of methoxy groups -OCH3 is 1. The van der Waals surface area contributed by atoms with Gasteiger partial charge in [0.25, 0.3) is 0 Å². The minimum absolute atomic E-state index is 0.161. The molecule has 0 saturated carbocycles. The normalized spacial score (nSPS) is 11.6. The highest BCUT2D eigenvalue weighted by Gasteiger charge is 2.13. The molecule has 23 heavy (non-hydrogen) atoms. The number of ether oxygens (including phenoxy) is 1. The first kappa shape index (κ1) is 16.8. The number of carbonyl (C=O) groups is 1. The van der Waals surface area contributed by atoms with Crippen LogP contribution >= 0.6 is 0 Å². The fourth-order valence-electron chi connectivity index (χ4n) is 2.30. The molecular weight excluding hydrogens is 292 g/mol. The van der Waals surface area contributed by atoms with E-state index in [1.807, 2.05) is 55.5 Å². The predicted molar refractivity (Wildman–Crippen MR) is 89.4 cm³/mol. The number of aryl methyl sites for hydroxylation is 1. The number of aliphatic hydroxyl groups is 1. The zero-order valence-electron chi connectivity index (χ0n) is 13.4. The molecule has 5 heteroatoms. The monoisotopic (exact) mass is 314 g/mol. The molecule has 0 spiro atoms. The fourth-order valence-corrected chi connectivity index (χ4v) is 2.30. The van der Waals surface area contributed by atoms with Crippen LogP contribution in [-0.4, -0.2) is 24.9 Å². The molecule has 1 atom stereocenters. The van der Waals surface area contributed by atoms with Crippen molar-refractivity contribution in [2.24, 2.45) is 0 Å². The van der Waals surface area contributed by atoms with E-state index in [9.17, 15) is 9.90 Å². The number of carbonyl (C=O) groups excluding carboxylic acids is 1. The Hall–Kier alpha value is -2.53. The van der Waals surface area contributed by atoms with Gasteiger partial charge in [0.2, 0.25) is 0 Å². The first-order chi connectivity index (χ1) is 11.1. The van der Waals surface area contributed by atoms with Gasteiger partial charge in [0.05, 0.1) is 19.8 Å². The number of amides is 2. The van der Waals surface area contributed by atoms with Gasteiger partial charge in [-0.3, -0.25) is 0 Å². The van der Waals surface area contributed by atoms with E-state index in [1.165, 1.54) is 0 Å². The predicted octanol–water partition coefficient (Wildman–Crippen LogP) is 2.54. The molecule has 122 valence electrons. The first-order valence-electron chi connectivity index (χ1n) is 7.47. The molecule has 5 nitrogen and oxygen atoms in total. The molecular formula is C18H22N2O3. The van der Waals surface area contributed by atoms with Gasteiger partial charge in [0.15, 0.2) is 0 Å². The maximum atomic E-state index is 12.1. The van der Waals surface area contributed by atoms with Crippen molar-refractivity contribution >= 4 is 6.03 Å². The van der Waals surface area contributed by atoms with Gasteiger partial charge in [-0.2, -0.15) is 0 Å². The van der Waals surface area contributed by atoms with Crippen molar-refractivity contribution in [1.82, 2.24) is 10.6 Å². The van der Waals surface area contributed by atoms with Crippen LogP contribution in [0.3, 0.4) is 0 Å². The fraction of sp³-hybridized carbons (Fsp3) is 0.278. The molecule has 2 rings (SSSR count). The van der Waals surface area contributed by atoms with Crippen LogP contribution < -0.4 is 15.4 Å². The first-order valence-corrected chi connectivity index (χ1v) is 7.47. The zero-order chi connectivity index (χ0) is 16.7. The lowest BCUT2D eigenvalue weighted by atomic mass is 10.1. The summed E-state index contributed by atoms with van der Waals surface area (Å²) in [5.74, 6) is 0.743. The summed E-state index contributed by atoms with van der Waals surface area (Å²) in [5, 5.41) is 15.0. The highest BCUT2D eigenvalue weighted by atomic mass is 16.5. The van der Waals surface area contributed by atoms with Gasteiger partial charge in [-0.15, -0.1) is 0 Å². The molecule has 0 saturated heterocycles. The Bertz CT molecular complexity index is 644. The number of rotatable bonds is 6. The topological polar surface area (TPSA) is 70.6 Å². The van der Waals surface area contributed by atoms with Gasteiger partial charge in [0.1, 0.15) is 5.75 Å². The van der Waals surface area contributed by atoms with E-state index in [-0.39, 0.29) is 12.6 Å². The van der Waals surface area contributed by atoms with Gasteiger partial charge < -0.3 is 20.5 Å². The molecule has 0 fully saturated rings. The Morgan fingerprint density at radius 1 is 1.22 bits per heavy atom. The molecule has 3 N–H and O–H groups in total. The van der Waals surface area contributed by atoms with E-state index in [0.717, 1.165) is 22.4 Å². The second-order valence-corrected chi connectivity index (χ2v) is 5.29. The Balaban J connectivity index is 1.94. The molecule has 0 bridgehead atoms. The molecule has 0 aliphatic carbocycles. The molecule has 0 aliphatic rings. The average Bonchev–Trinajstić information content (AvgIpc) is 2.59. The smallest absolute Gasteiger partial charge is 0.315 e. The molecule has 2 amide bonds. The van der Waals surface area contributed by atoms with Crippen LogP contribution in [0.4, 0.5) is 4.79 Å². The van der Waals surface area contributed by atoms with Crippen LogP contribution in [0.25, 0.3) is 0 Å². The highest BCUT2D eigenvalue weighted by Crippen LogP contribution is 2.19. The van der Waals surface area contributed by atoms with Crippen LogP contribution in [0.1, 0.15) is 22.7 Å². The lowest BCUT2D eigenvalue weighted by Crippen LogP contribution is -2.38. The minimum atomic E-state index is -0.434. The number of benzene rings is 2. The van der Waals surface area contributed by atoms with Crippen molar-refractivity contribution in [3.63, 3.8) is 0 Å². The molecule has 2 aromatic carbocycles. The molecule has 0 heterocycles. The summed E-state index contributed by atoms with van der Waals surface area (Å²) in [6, 6.07) is 14.4. The Morgan fingerprint density at radius 2 is 1.96 bits per heavy atom. The van der Waals surface area contributed by atoms with Crippen molar-refractivity contribution in [1.29, 1.82) is 0 Å². The van der Waals surface area contributed by atoms with Gasteiger partial charge in [-0.1, -0.05) is 42.5 Å². The van der Waals surface area contributed by atoms with Crippen molar-refractivity contribution in [3.8, 4) is 5.75 Å². The Kier molecular flexibility index (Phi) is 6.00. The molecule has 0 unspecified atom stereocenters. The summed E-state index contributed by atoms with van der Waals surface area (Å²) >= 11 is 0. The van der Waals surface area contributed by atoms with Crippen LogP contribution in [0.15, 0.2) is 48.5 Å². The lowest BCUT2D eigenvalue weighted by molar-refractivity contribution is 0.216. The minimum Gasteiger partial charge on any atom is -0.496 e. The lowest BCUT2D eigenvalue weighted by Gasteiger charge is -2.17. The summed E-state index contributed by atoms with van der Waals surface area (Å²) in [7, 11) is 1.61.